The van der Waals surface area contributed by atoms with Gasteiger partial charge in [0.15, 0.2) is 0 Å². The molecular weight excluding hydrogens is 296 g/mol. The number of rotatable bonds is 2. The van der Waals surface area contributed by atoms with Gasteiger partial charge in [-0.05, 0) is 87.9 Å². The molecule has 136 valence electrons. The van der Waals surface area contributed by atoms with Crippen LogP contribution in [0.4, 0.5) is 0 Å². The normalized spacial score (nSPS) is 47.8. The third-order valence-corrected chi connectivity index (χ3v) is 8.25. The van der Waals surface area contributed by atoms with Gasteiger partial charge in [-0.15, -0.1) is 0 Å². The van der Waals surface area contributed by atoms with Gasteiger partial charge in [-0.1, -0.05) is 24.0 Å². The monoisotopic (exact) mass is 332 g/mol. The molecule has 4 fully saturated rings. The van der Waals surface area contributed by atoms with Crippen LogP contribution in [0.1, 0.15) is 65.2 Å². The van der Waals surface area contributed by atoms with Crippen LogP contribution in [0.25, 0.3) is 0 Å². The standard InChI is InChI=1S/C22H36O2/c1-13(2)14-9-11-18-16(14)10-12-17-15-7-5-6-8-19(15)21(23-3)22(24-4)20(17)18/h15-22H,5-12H2,1-4H3. The van der Waals surface area contributed by atoms with E-state index in [9.17, 15) is 0 Å². The van der Waals surface area contributed by atoms with Crippen LogP contribution in [0.5, 0.6) is 0 Å². The molecule has 0 aromatic heterocycles. The van der Waals surface area contributed by atoms with Crippen LogP contribution < -0.4 is 0 Å². The zero-order valence-electron chi connectivity index (χ0n) is 16.1. The molecule has 4 rings (SSSR count). The molecule has 0 radical (unpaired) electrons. The first-order valence-electron chi connectivity index (χ1n) is 10.4. The van der Waals surface area contributed by atoms with Crippen molar-refractivity contribution in [3.63, 3.8) is 0 Å². The molecule has 0 aromatic rings. The van der Waals surface area contributed by atoms with E-state index in [0.717, 1.165) is 35.5 Å². The Labute approximate surface area is 148 Å². The van der Waals surface area contributed by atoms with E-state index in [2.05, 4.69) is 13.8 Å². The second-order valence-electron chi connectivity index (χ2n) is 9.17. The van der Waals surface area contributed by atoms with Crippen LogP contribution in [0.15, 0.2) is 11.1 Å². The van der Waals surface area contributed by atoms with Crippen molar-refractivity contribution in [3.8, 4) is 0 Å². The Bertz CT molecular complexity index is 484. The number of hydrogen-bond acceptors (Lipinski definition) is 2. The fourth-order valence-electron chi connectivity index (χ4n) is 7.50. The van der Waals surface area contributed by atoms with Crippen LogP contribution in [-0.4, -0.2) is 26.4 Å². The first kappa shape index (κ1) is 17.1. The van der Waals surface area contributed by atoms with Gasteiger partial charge in [0.25, 0.3) is 0 Å². The zero-order valence-corrected chi connectivity index (χ0v) is 16.1. The highest BCUT2D eigenvalue weighted by molar-refractivity contribution is 5.22. The molecule has 4 aliphatic carbocycles. The largest absolute Gasteiger partial charge is 0.378 e. The Hall–Kier alpha value is -0.340. The van der Waals surface area contributed by atoms with Crippen molar-refractivity contribution < 1.29 is 9.47 Å². The smallest absolute Gasteiger partial charge is 0.0869 e. The molecule has 8 unspecified atom stereocenters. The van der Waals surface area contributed by atoms with Crippen LogP contribution in [0.2, 0.25) is 0 Å². The molecule has 0 saturated heterocycles. The summed E-state index contributed by atoms with van der Waals surface area (Å²) in [6.45, 7) is 4.65. The molecule has 4 aliphatic rings. The molecule has 2 heteroatoms. The summed E-state index contributed by atoms with van der Waals surface area (Å²) in [7, 11) is 3.87. The summed E-state index contributed by atoms with van der Waals surface area (Å²) in [5.41, 5.74) is 3.37. The lowest BCUT2D eigenvalue weighted by Crippen LogP contribution is -2.58. The predicted molar refractivity (Wildman–Crippen MR) is 97.8 cm³/mol. The maximum absolute atomic E-state index is 6.18. The number of fused-ring (bicyclic) bond motifs is 5. The topological polar surface area (TPSA) is 18.5 Å². The molecule has 0 N–H and O–H groups in total. The summed E-state index contributed by atoms with van der Waals surface area (Å²) < 4.78 is 12.3. The number of ether oxygens (including phenoxy) is 2. The van der Waals surface area contributed by atoms with Crippen molar-refractivity contribution in [1.82, 2.24) is 0 Å². The quantitative estimate of drug-likeness (QED) is 0.645. The van der Waals surface area contributed by atoms with Crippen molar-refractivity contribution in [2.24, 2.45) is 35.5 Å². The Kier molecular flexibility index (Phi) is 4.81. The van der Waals surface area contributed by atoms with Crippen molar-refractivity contribution in [2.75, 3.05) is 14.2 Å². The minimum Gasteiger partial charge on any atom is -0.378 e. The molecule has 0 amide bonds. The van der Waals surface area contributed by atoms with E-state index in [1.54, 1.807) is 11.1 Å². The summed E-state index contributed by atoms with van der Waals surface area (Å²) in [6, 6.07) is 0. The minimum absolute atomic E-state index is 0.323. The van der Waals surface area contributed by atoms with Crippen LogP contribution in [0, 0.1) is 35.5 Å². The molecule has 24 heavy (non-hydrogen) atoms. The fraction of sp³-hybridized carbons (Fsp3) is 0.909. The van der Waals surface area contributed by atoms with Crippen LogP contribution in [0.3, 0.4) is 0 Å². The molecule has 8 atom stereocenters. The molecule has 0 spiro atoms. The Morgan fingerprint density at radius 2 is 1.46 bits per heavy atom. The van der Waals surface area contributed by atoms with Crippen molar-refractivity contribution >= 4 is 0 Å². The lowest BCUT2D eigenvalue weighted by Gasteiger charge is -2.57. The van der Waals surface area contributed by atoms with E-state index in [4.69, 9.17) is 9.47 Å². The maximum Gasteiger partial charge on any atom is 0.0869 e. The van der Waals surface area contributed by atoms with Gasteiger partial charge in [0.2, 0.25) is 0 Å². The van der Waals surface area contributed by atoms with Crippen LogP contribution in [-0.2, 0) is 9.47 Å². The highest BCUT2D eigenvalue weighted by Gasteiger charge is 2.57. The fourth-order valence-corrected chi connectivity index (χ4v) is 7.50. The van der Waals surface area contributed by atoms with Crippen molar-refractivity contribution in [1.29, 1.82) is 0 Å². The van der Waals surface area contributed by atoms with Crippen LogP contribution >= 0.6 is 0 Å². The first-order chi connectivity index (χ1) is 11.7. The van der Waals surface area contributed by atoms with Gasteiger partial charge in [-0.2, -0.15) is 0 Å². The Morgan fingerprint density at radius 3 is 2.12 bits per heavy atom. The zero-order chi connectivity index (χ0) is 16.8. The van der Waals surface area contributed by atoms with Gasteiger partial charge in [-0.25, -0.2) is 0 Å². The first-order valence-corrected chi connectivity index (χ1v) is 10.4. The van der Waals surface area contributed by atoms with E-state index < -0.39 is 0 Å². The third kappa shape index (κ3) is 2.51. The minimum atomic E-state index is 0.323. The van der Waals surface area contributed by atoms with E-state index >= 15 is 0 Å². The number of hydrogen-bond donors (Lipinski definition) is 0. The highest BCUT2D eigenvalue weighted by atomic mass is 16.5. The summed E-state index contributed by atoms with van der Waals surface area (Å²) >= 11 is 0. The van der Waals surface area contributed by atoms with E-state index in [-0.39, 0.29) is 0 Å². The third-order valence-electron chi connectivity index (χ3n) is 8.25. The number of methoxy groups -OCH3 is 2. The lowest BCUT2D eigenvalue weighted by atomic mass is 9.51. The van der Waals surface area contributed by atoms with Gasteiger partial charge in [0.05, 0.1) is 12.2 Å². The van der Waals surface area contributed by atoms with Crippen molar-refractivity contribution in [3.05, 3.63) is 11.1 Å². The van der Waals surface area contributed by atoms with E-state index in [0.29, 0.717) is 12.2 Å². The molecule has 0 aromatic carbocycles. The van der Waals surface area contributed by atoms with Gasteiger partial charge < -0.3 is 9.47 Å². The molecule has 4 saturated carbocycles. The summed E-state index contributed by atoms with van der Waals surface area (Å²) in [4.78, 5) is 0. The second kappa shape index (κ2) is 6.76. The average Bonchev–Trinajstić information content (AvgIpc) is 3.04. The maximum atomic E-state index is 6.18. The van der Waals surface area contributed by atoms with E-state index in [1.807, 2.05) is 14.2 Å². The van der Waals surface area contributed by atoms with Crippen molar-refractivity contribution in [2.45, 2.75) is 77.4 Å². The summed E-state index contributed by atoms with van der Waals surface area (Å²) in [5.74, 6) is 4.96. The van der Waals surface area contributed by atoms with Gasteiger partial charge in [0.1, 0.15) is 0 Å². The van der Waals surface area contributed by atoms with Gasteiger partial charge in [0, 0.05) is 14.2 Å². The highest BCUT2D eigenvalue weighted by Crippen LogP contribution is 2.60. The number of allylic oxidation sites excluding steroid dienone is 2. The molecular formula is C22H36O2. The molecule has 2 nitrogen and oxygen atoms in total. The SMILES string of the molecule is COC1C2CCCCC2C2CCC3C(=C(C)C)CCC3C2C1OC. The Balaban J connectivity index is 1.68. The molecule has 0 bridgehead atoms. The lowest BCUT2D eigenvalue weighted by molar-refractivity contribution is -0.187. The summed E-state index contributed by atoms with van der Waals surface area (Å²) in [5, 5.41) is 0. The van der Waals surface area contributed by atoms with Gasteiger partial charge in [-0.3, -0.25) is 0 Å². The Morgan fingerprint density at radius 1 is 0.750 bits per heavy atom. The van der Waals surface area contributed by atoms with E-state index in [1.165, 1.54) is 51.4 Å². The predicted octanol–water partition coefficient (Wildman–Crippen LogP) is 5.23. The average molecular weight is 333 g/mol. The molecule has 0 heterocycles. The summed E-state index contributed by atoms with van der Waals surface area (Å²) in [6.07, 6.45) is 11.9. The molecule has 0 aliphatic heterocycles. The second-order valence-corrected chi connectivity index (χ2v) is 9.17. The van der Waals surface area contributed by atoms with Gasteiger partial charge >= 0.3 is 0 Å².